The Balaban J connectivity index is 2.00. The first kappa shape index (κ1) is 7.80. The topological polar surface area (TPSA) is 12.0 Å². The lowest BCUT2D eigenvalue weighted by Crippen LogP contribution is -2.26. The maximum atomic E-state index is 3.72. The summed E-state index contributed by atoms with van der Waals surface area (Å²) in [5, 5.41) is 3.41. The van der Waals surface area contributed by atoms with Crippen LogP contribution in [0.15, 0.2) is 12.7 Å². The molecule has 1 fully saturated rings. The second-order valence-electron chi connectivity index (χ2n) is 3.41. The van der Waals surface area contributed by atoms with Crippen molar-refractivity contribution in [2.24, 2.45) is 11.8 Å². The van der Waals surface area contributed by atoms with E-state index in [0.29, 0.717) is 6.04 Å². The Morgan fingerprint density at radius 3 is 2.80 bits per heavy atom. The Kier molecular flexibility index (Phi) is 2.50. The third-order valence-electron chi connectivity index (χ3n) is 2.33. The van der Waals surface area contributed by atoms with Crippen LogP contribution < -0.4 is 5.32 Å². The first-order chi connectivity index (χ1) is 4.74. The molecule has 3 atom stereocenters. The van der Waals surface area contributed by atoms with Gasteiger partial charge in [0.2, 0.25) is 0 Å². The summed E-state index contributed by atoms with van der Waals surface area (Å²) >= 11 is 0. The van der Waals surface area contributed by atoms with Crippen molar-refractivity contribution in [3.8, 4) is 0 Å². The first-order valence-electron chi connectivity index (χ1n) is 4.10. The Bertz CT molecular complexity index is 120. The summed E-state index contributed by atoms with van der Waals surface area (Å²) in [5.74, 6) is 1.91. The molecule has 0 bridgehead atoms. The van der Waals surface area contributed by atoms with Crippen molar-refractivity contribution in [3.05, 3.63) is 12.7 Å². The van der Waals surface area contributed by atoms with Gasteiger partial charge in [0.25, 0.3) is 0 Å². The summed E-state index contributed by atoms with van der Waals surface area (Å²) in [6, 6.07) is 0.479. The number of hydrogen-bond acceptors (Lipinski definition) is 1. The largest absolute Gasteiger partial charge is 0.311 e. The van der Waals surface area contributed by atoms with Crippen LogP contribution in [0.4, 0.5) is 0 Å². The predicted molar refractivity (Wildman–Crippen MR) is 44.9 cm³/mol. The Hall–Kier alpha value is -0.300. The van der Waals surface area contributed by atoms with Crippen molar-refractivity contribution in [1.29, 1.82) is 0 Å². The molecule has 1 aliphatic rings. The van der Waals surface area contributed by atoms with Gasteiger partial charge in [-0.15, -0.1) is 6.58 Å². The molecular weight excluding hydrogens is 122 g/mol. The van der Waals surface area contributed by atoms with E-state index < -0.39 is 0 Å². The van der Waals surface area contributed by atoms with Crippen molar-refractivity contribution in [2.45, 2.75) is 26.3 Å². The molecule has 58 valence electrons. The molecule has 1 nitrogen and oxygen atoms in total. The van der Waals surface area contributed by atoms with Crippen LogP contribution >= 0.6 is 0 Å². The van der Waals surface area contributed by atoms with Gasteiger partial charge in [-0.25, -0.2) is 0 Å². The Morgan fingerprint density at radius 1 is 1.80 bits per heavy atom. The number of hydrogen-bond donors (Lipinski definition) is 1. The first-order valence-corrected chi connectivity index (χ1v) is 4.10. The van der Waals surface area contributed by atoms with Crippen LogP contribution in [0.2, 0.25) is 0 Å². The van der Waals surface area contributed by atoms with Crippen LogP contribution in [-0.2, 0) is 0 Å². The zero-order valence-electron chi connectivity index (χ0n) is 6.93. The summed E-state index contributed by atoms with van der Waals surface area (Å²) in [7, 11) is 0. The molecule has 0 aliphatic heterocycles. The minimum atomic E-state index is 0.479. The van der Waals surface area contributed by atoms with E-state index in [9.17, 15) is 0 Å². The molecule has 0 aromatic carbocycles. The lowest BCUT2D eigenvalue weighted by molar-refractivity contribution is 0.577. The van der Waals surface area contributed by atoms with Crippen LogP contribution in [0.3, 0.4) is 0 Å². The average molecular weight is 139 g/mol. The van der Waals surface area contributed by atoms with E-state index in [4.69, 9.17) is 0 Å². The number of nitrogens with one attached hydrogen (secondary N) is 1. The highest BCUT2D eigenvalue weighted by atomic mass is 14.9. The van der Waals surface area contributed by atoms with E-state index in [1.807, 2.05) is 6.08 Å². The van der Waals surface area contributed by atoms with E-state index in [2.05, 4.69) is 25.7 Å². The highest BCUT2D eigenvalue weighted by molar-refractivity contribution is 4.88. The molecule has 1 N–H and O–H groups in total. The van der Waals surface area contributed by atoms with Gasteiger partial charge in [0.1, 0.15) is 0 Å². The zero-order valence-corrected chi connectivity index (χ0v) is 6.93. The molecule has 1 heteroatoms. The molecule has 0 spiro atoms. The van der Waals surface area contributed by atoms with Gasteiger partial charge in [-0.1, -0.05) is 13.0 Å². The Morgan fingerprint density at radius 2 is 2.40 bits per heavy atom. The predicted octanol–water partition coefficient (Wildman–Crippen LogP) is 1.81. The molecule has 0 aromatic rings. The molecule has 0 amide bonds. The van der Waals surface area contributed by atoms with Gasteiger partial charge in [-0.05, 0) is 31.7 Å². The molecule has 1 saturated carbocycles. The summed E-state index contributed by atoms with van der Waals surface area (Å²) in [6.07, 6.45) is 3.36. The van der Waals surface area contributed by atoms with Crippen molar-refractivity contribution < 1.29 is 0 Å². The van der Waals surface area contributed by atoms with Crippen molar-refractivity contribution in [3.63, 3.8) is 0 Å². The van der Waals surface area contributed by atoms with Crippen LogP contribution in [0.5, 0.6) is 0 Å². The maximum absolute atomic E-state index is 3.72. The molecule has 1 rings (SSSR count). The van der Waals surface area contributed by atoms with E-state index in [0.717, 1.165) is 11.8 Å². The molecule has 10 heavy (non-hydrogen) atoms. The standard InChI is InChI=1S/C9H17N/c1-4-8(3)10-6-9-5-7(9)2/h4,7-10H,1,5-6H2,2-3H3. The van der Waals surface area contributed by atoms with Gasteiger partial charge in [-0.2, -0.15) is 0 Å². The SMILES string of the molecule is C=CC(C)NCC1CC1C. The fourth-order valence-electron chi connectivity index (χ4n) is 1.10. The van der Waals surface area contributed by atoms with Gasteiger partial charge in [0, 0.05) is 6.04 Å². The normalized spacial score (nSPS) is 33.4. The van der Waals surface area contributed by atoms with E-state index in [1.165, 1.54) is 13.0 Å². The lowest BCUT2D eigenvalue weighted by Gasteiger charge is -2.07. The summed E-state index contributed by atoms with van der Waals surface area (Å²) in [4.78, 5) is 0. The Labute approximate surface area is 63.5 Å². The maximum Gasteiger partial charge on any atom is 0.0219 e. The van der Waals surface area contributed by atoms with Crippen molar-refractivity contribution in [2.75, 3.05) is 6.54 Å². The van der Waals surface area contributed by atoms with E-state index >= 15 is 0 Å². The van der Waals surface area contributed by atoms with E-state index in [-0.39, 0.29) is 0 Å². The summed E-state index contributed by atoms with van der Waals surface area (Å²) < 4.78 is 0. The molecule has 0 aromatic heterocycles. The second kappa shape index (κ2) is 3.20. The highest BCUT2D eigenvalue weighted by Gasteiger charge is 2.31. The quantitative estimate of drug-likeness (QED) is 0.586. The molecule has 1 aliphatic carbocycles. The van der Waals surface area contributed by atoms with Gasteiger partial charge >= 0.3 is 0 Å². The smallest absolute Gasteiger partial charge is 0.0219 e. The minimum absolute atomic E-state index is 0.479. The summed E-state index contributed by atoms with van der Waals surface area (Å²) in [5.41, 5.74) is 0. The third kappa shape index (κ3) is 2.14. The van der Waals surface area contributed by atoms with Gasteiger partial charge in [0.15, 0.2) is 0 Å². The average Bonchev–Trinajstić information content (AvgIpc) is 2.61. The molecule has 0 heterocycles. The minimum Gasteiger partial charge on any atom is -0.311 e. The zero-order chi connectivity index (χ0) is 7.56. The molecular formula is C9H17N. The van der Waals surface area contributed by atoms with Gasteiger partial charge < -0.3 is 5.32 Å². The molecule has 0 saturated heterocycles. The third-order valence-corrected chi connectivity index (χ3v) is 2.33. The second-order valence-corrected chi connectivity index (χ2v) is 3.41. The van der Waals surface area contributed by atoms with Crippen molar-refractivity contribution >= 4 is 0 Å². The van der Waals surface area contributed by atoms with Crippen LogP contribution in [0, 0.1) is 11.8 Å². The lowest BCUT2D eigenvalue weighted by atomic mass is 10.3. The highest BCUT2D eigenvalue weighted by Crippen LogP contribution is 2.36. The molecule has 3 unspecified atom stereocenters. The van der Waals surface area contributed by atoms with Gasteiger partial charge in [-0.3, -0.25) is 0 Å². The van der Waals surface area contributed by atoms with Crippen LogP contribution in [0.25, 0.3) is 0 Å². The van der Waals surface area contributed by atoms with Gasteiger partial charge in [0.05, 0.1) is 0 Å². The van der Waals surface area contributed by atoms with E-state index in [1.54, 1.807) is 0 Å². The van der Waals surface area contributed by atoms with Crippen LogP contribution in [0.1, 0.15) is 20.3 Å². The fourth-order valence-corrected chi connectivity index (χ4v) is 1.10. The monoisotopic (exact) mass is 139 g/mol. The van der Waals surface area contributed by atoms with Crippen LogP contribution in [-0.4, -0.2) is 12.6 Å². The fraction of sp³-hybridized carbons (Fsp3) is 0.778. The van der Waals surface area contributed by atoms with Crippen molar-refractivity contribution in [1.82, 2.24) is 5.32 Å². The summed E-state index contributed by atoms with van der Waals surface area (Å²) in [6.45, 7) is 9.34. The molecule has 0 radical (unpaired) electrons. The number of rotatable bonds is 4.